The molecule has 3 heterocycles. The number of aryl methyl sites for hydroxylation is 1. The smallest absolute Gasteiger partial charge is 0.341 e. The van der Waals surface area contributed by atoms with Crippen molar-refractivity contribution < 1.29 is 14.3 Å². The number of esters is 1. The molecule has 0 saturated carbocycles. The van der Waals surface area contributed by atoms with Crippen molar-refractivity contribution in [1.29, 1.82) is 0 Å². The first kappa shape index (κ1) is 25.2. The standard InChI is InChI=1S/C26H27N5O4S2/c1-3-35-25(34)20-17-12-8-5-9-13-19(17)37-24(20)29-22(32)15(2)36-26-28-21-18(23(33)30-26)14-27-31(21)16-10-6-4-7-11-16/h4,6-7,10-11,14-15H,3,5,8-9,12-13H2,1-2H3,(H,29,32)(H,28,30,33)/t15-/m1/s1. The van der Waals surface area contributed by atoms with E-state index in [2.05, 4.69) is 20.4 Å². The molecule has 0 unspecified atom stereocenters. The van der Waals surface area contributed by atoms with Gasteiger partial charge in [-0.1, -0.05) is 36.4 Å². The lowest BCUT2D eigenvalue weighted by atomic mass is 10.1. The van der Waals surface area contributed by atoms with Gasteiger partial charge in [0, 0.05) is 4.88 Å². The van der Waals surface area contributed by atoms with Crippen LogP contribution in [-0.4, -0.2) is 43.5 Å². The van der Waals surface area contributed by atoms with Crippen molar-refractivity contribution in [3.05, 3.63) is 62.9 Å². The summed E-state index contributed by atoms with van der Waals surface area (Å²) in [5.41, 5.74) is 2.35. The van der Waals surface area contributed by atoms with Crippen LogP contribution in [0.1, 0.15) is 53.9 Å². The molecule has 11 heteroatoms. The topological polar surface area (TPSA) is 119 Å². The molecular weight excluding hydrogens is 510 g/mol. The van der Waals surface area contributed by atoms with E-state index in [4.69, 9.17) is 4.74 Å². The van der Waals surface area contributed by atoms with Crippen LogP contribution in [0.5, 0.6) is 0 Å². The fourth-order valence-corrected chi connectivity index (χ4v) is 6.47. The lowest BCUT2D eigenvalue weighted by Crippen LogP contribution is -2.24. The lowest BCUT2D eigenvalue weighted by Gasteiger charge is -2.12. The number of rotatable bonds is 7. The molecule has 3 aromatic heterocycles. The molecule has 1 aliphatic carbocycles. The molecule has 5 rings (SSSR count). The van der Waals surface area contributed by atoms with E-state index >= 15 is 0 Å². The third kappa shape index (κ3) is 5.19. The molecule has 1 atom stereocenters. The largest absolute Gasteiger partial charge is 0.462 e. The summed E-state index contributed by atoms with van der Waals surface area (Å²) in [6.07, 6.45) is 6.38. The molecule has 1 aliphatic rings. The number of nitrogens with zero attached hydrogens (tertiary/aromatic N) is 3. The van der Waals surface area contributed by atoms with Crippen LogP contribution in [0.15, 0.2) is 46.5 Å². The quantitative estimate of drug-likeness (QED) is 0.151. The first-order valence-corrected chi connectivity index (χ1v) is 14.0. The van der Waals surface area contributed by atoms with Crippen molar-refractivity contribution in [1.82, 2.24) is 19.7 Å². The Bertz CT molecular complexity index is 1510. The third-order valence-corrected chi connectivity index (χ3v) is 8.40. The van der Waals surface area contributed by atoms with E-state index in [0.29, 0.717) is 26.8 Å². The lowest BCUT2D eigenvalue weighted by molar-refractivity contribution is -0.115. The number of amides is 1. The van der Waals surface area contributed by atoms with Crippen LogP contribution in [0.3, 0.4) is 0 Å². The van der Waals surface area contributed by atoms with Crippen LogP contribution in [0.4, 0.5) is 5.00 Å². The first-order valence-electron chi connectivity index (χ1n) is 12.3. The molecule has 9 nitrogen and oxygen atoms in total. The number of aromatic nitrogens is 4. The maximum atomic E-state index is 13.2. The minimum Gasteiger partial charge on any atom is -0.462 e. The number of thioether (sulfide) groups is 1. The number of H-pyrrole nitrogens is 1. The Balaban J connectivity index is 1.39. The van der Waals surface area contributed by atoms with Gasteiger partial charge in [-0.25, -0.2) is 14.5 Å². The maximum absolute atomic E-state index is 13.2. The molecule has 0 aliphatic heterocycles. The summed E-state index contributed by atoms with van der Waals surface area (Å²) in [6.45, 7) is 3.78. The summed E-state index contributed by atoms with van der Waals surface area (Å²) in [7, 11) is 0. The Kier molecular flexibility index (Phi) is 7.43. The van der Waals surface area contributed by atoms with Crippen LogP contribution in [0, 0.1) is 0 Å². The summed E-state index contributed by atoms with van der Waals surface area (Å²) in [4.78, 5) is 47.2. The first-order chi connectivity index (χ1) is 18.0. The molecule has 0 saturated heterocycles. The van der Waals surface area contributed by atoms with Crippen LogP contribution in [0.2, 0.25) is 0 Å². The van der Waals surface area contributed by atoms with Gasteiger partial charge in [-0.15, -0.1) is 11.3 Å². The summed E-state index contributed by atoms with van der Waals surface area (Å²) < 4.78 is 6.92. The Morgan fingerprint density at radius 1 is 1.22 bits per heavy atom. The molecular formula is C26H27N5O4S2. The molecule has 37 heavy (non-hydrogen) atoms. The van der Waals surface area contributed by atoms with Crippen molar-refractivity contribution in [3.8, 4) is 5.69 Å². The SMILES string of the molecule is CCOC(=O)c1c(NC(=O)[C@@H](C)Sc2nc3c(cnn3-c3ccccc3)c(=O)[nH]2)sc2c1CCCCC2. The number of carbonyl (C=O) groups excluding carboxylic acids is 2. The van der Waals surface area contributed by atoms with Crippen molar-refractivity contribution in [3.63, 3.8) is 0 Å². The number of benzene rings is 1. The zero-order valence-corrected chi connectivity index (χ0v) is 22.2. The summed E-state index contributed by atoms with van der Waals surface area (Å²) in [5, 5.41) is 7.89. The number of aromatic amines is 1. The van der Waals surface area contributed by atoms with Gasteiger partial charge in [0.15, 0.2) is 10.8 Å². The van der Waals surface area contributed by atoms with Crippen molar-refractivity contribution in [2.24, 2.45) is 0 Å². The van der Waals surface area contributed by atoms with Gasteiger partial charge >= 0.3 is 5.97 Å². The highest BCUT2D eigenvalue weighted by Gasteiger charge is 2.28. The van der Waals surface area contributed by atoms with Gasteiger partial charge < -0.3 is 15.0 Å². The highest BCUT2D eigenvalue weighted by atomic mass is 32.2. The summed E-state index contributed by atoms with van der Waals surface area (Å²) in [6, 6.07) is 9.42. The Hall–Kier alpha value is -3.44. The fraction of sp³-hybridized carbons (Fsp3) is 0.346. The van der Waals surface area contributed by atoms with Gasteiger partial charge in [0.2, 0.25) is 5.91 Å². The third-order valence-electron chi connectivity index (χ3n) is 6.21. The Morgan fingerprint density at radius 2 is 2.00 bits per heavy atom. The molecule has 1 amide bonds. The minimum atomic E-state index is -0.592. The number of carbonyl (C=O) groups is 2. The number of anilines is 1. The van der Waals surface area contributed by atoms with E-state index in [1.807, 2.05) is 30.3 Å². The second-order valence-corrected chi connectivity index (χ2v) is 11.2. The van der Waals surface area contributed by atoms with E-state index in [1.54, 1.807) is 18.5 Å². The highest BCUT2D eigenvalue weighted by molar-refractivity contribution is 8.00. The fourth-order valence-electron chi connectivity index (χ4n) is 4.40. The predicted octanol–water partition coefficient (Wildman–Crippen LogP) is 4.74. The van der Waals surface area contributed by atoms with E-state index in [9.17, 15) is 14.4 Å². The number of thiophene rings is 1. The second kappa shape index (κ2) is 10.9. The number of nitrogens with one attached hydrogen (secondary N) is 2. The zero-order chi connectivity index (χ0) is 25.9. The van der Waals surface area contributed by atoms with Crippen molar-refractivity contribution in [2.75, 3.05) is 11.9 Å². The molecule has 0 spiro atoms. The van der Waals surface area contributed by atoms with Gasteiger partial charge in [0.25, 0.3) is 5.56 Å². The van der Waals surface area contributed by atoms with Gasteiger partial charge in [0.05, 0.1) is 29.3 Å². The highest BCUT2D eigenvalue weighted by Crippen LogP contribution is 2.38. The van der Waals surface area contributed by atoms with Crippen LogP contribution >= 0.6 is 23.1 Å². The average Bonchev–Trinajstić information content (AvgIpc) is 3.38. The Morgan fingerprint density at radius 3 is 2.78 bits per heavy atom. The molecule has 4 aromatic rings. The molecule has 0 fully saturated rings. The normalized spacial score (nSPS) is 14.1. The van der Waals surface area contributed by atoms with Gasteiger partial charge in [0.1, 0.15) is 10.4 Å². The number of hydrogen-bond donors (Lipinski definition) is 2. The Labute approximate surface area is 221 Å². The monoisotopic (exact) mass is 537 g/mol. The predicted molar refractivity (Wildman–Crippen MR) is 145 cm³/mol. The van der Waals surface area contributed by atoms with E-state index in [0.717, 1.165) is 60.0 Å². The van der Waals surface area contributed by atoms with Crippen LogP contribution < -0.4 is 10.9 Å². The summed E-state index contributed by atoms with van der Waals surface area (Å²) in [5.74, 6) is -0.686. The number of fused-ring (bicyclic) bond motifs is 2. The van der Waals surface area contributed by atoms with Crippen molar-refractivity contribution in [2.45, 2.75) is 56.4 Å². The van der Waals surface area contributed by atoms with Gasteiger partial charge in [-0.2, -0.15) is 5.10 Å². The number of hydrogen-bond acceptors (Lipinski definition) is 8. The zero-order valence-electron chi connectivity index (χ0n) is 20.6. The molecule has 192 valence electrons. The maximum Gasteiger partial charge on any atom is 0.341 e. The average molecular weight is 538 g/mol. The molecule has 1 aromatic carbocycles. The van der Waals surface area contributed by atoms with Gasteiger partial charge in [-0.3, -0.25) is 9.59 Å². The summed E-state index contributed by atoms with van der Waals surface area (Å²) >= 11 is 2.60. The van der Waals surface area contributed by atoms with Crippen LogP contribution in [0.25, 0.3) is 16.7 Å². The van der Waals surface area contributed by atoms with Crippen LogP contribution in [-0.2, 0) is 22.4 Å². The molecule has 2 N–H and O–H groups in total. The molecule has 0 radical (unpaired) electrons. The molecule has 0 bridgehead atoms. The number of ether oxygens (including phenoxy) is 1. The second-order valence-electron chi connectivity index (χ2n) is 8.74. The van der Waals surface area contributed by atoms with E-state index < -0.39 is 11.2 Å². The van der Waals surface area contributed by atoms with Gasteiger partial charge in [-0.05, 0) is 57.2 Å². The minimum absolute atomic E-state index is 0.268. The number of para-hydroxylation sites is 1. The van der Waals surface area contributed by atoms with E-state index in [-0.39, 0.29) is 18.1 Å². The van der Waals surface area contributed by atoms with Crippen molar-refractivity contribution >= 4 is 51.0 Å². The van der Waals surface area contributed by atoms with E-state index in [1.165, 1.54) is 17.5 Å².